The summed E-state index contributed by atoms with van der Waals surface area (Å²) in [6, 6.07) is 4.57. The number of amides is 1. The SMILES string of the molecule is CCOC(=O)c1[nH]c(C)c(/C(O)=C2\C(=O)C(=O)N(CCN3CCOCC3)C2c2ccc([N+](=O)[O-])cc2)c1C. The average molecular weight is 527 g/mol. The lowest BCUT2D eigenvalue weighted by Gasteiger charge is -2.31. The van der Waals surface area contributed by atoms with Gasteiger partial charge in [-0.05, 0) is 44.0 Å². The number of carbonyl (C=O) groups excluding carboxylic acids is 3. The predicted octanol–water partition coefficient (Wildman–Crippen LogP) is 2.47. The maximum absolute atomic E-state index is 13.4. The van der Waals surface area contributed by atoms with Crippen LogP contribution in [0.3, 0.4) is 0 Å². The van der Waals surface area contributed by atoms with Crippen molar-refractivity contribution < 1.29 is 33.9 Å². The number of rotatable bonds is 8. The average Bonchev–Trinajstić information content (AvgIpc) is 3.34. The Labute approximate surface area is 219 Å². The number of nitrogens with one attached hydrogen (secondary N) is 1. The highest BCUT2D eigenvalue weighted by atomic mass is 16.6. The number of esters is 1. The third-order valence-corrected chi connectivity index (χ3v) is 6.87. The van der Waals surface area contributed by atoms with Crippen LogP contribution in [0.4, 0.5) is 5.69 Å². The summed E-state index contributed by atoms with van der Waals surface area (Å²) in [5.41, 5.74) is 1.31. The molecule has 2 aliphatic rings. The summed E-state index contributed by atoms with van der Waals surface area (Å²) in [6.07, 6.45) is 0. The summed E-state index contributed by atoms with van der Waals surface area (Å²) in [6.45, 7) is 8.27. The molecule has 2 fully saturated rings. The van der Waals surface area contributed by atoms with Gasteiger partial charge in [0.15, 0.2) is 0 Å². The quantitative estimate of drug-likeness (QED) is 0.132. The largest absolute Gasteiger partial charge is 0.507 e. The minimum Gasteiger partial charge on any atom is -0.507 e. The van der Waals surface area contributed by atoms with Gasteiger partial charge >= 0.3 is 5.97 Å². The van der Waals surface area contributed by atoms with Crippen LogP contribution in [-0.4, -0.2) is 88.5 Å². The number of Topliss-reactive ketones (excluding diaryl/α,β-unsaturated/α-hetero) is 1. The first-order chi connectivity index (χ1) is 18.1. The number of benzene rings is 1. The number of aliphatic hydroxyl groups excluding tert-OH is 1. The van der Waals surface area contributed by atoms with E-state index in [0.717, 1.165) is 0 Å². The molecule has 0 aliphatic carbocycles. The molecule has 1 amide bonds. The van der Waals surface area contributed by atoms with Gasteiger partial charge in [0.2, 0.25) is 0 Å². The van der Waals surface area contributed by atoms with E-state index in [1.807, 2.05) is 0 Å². The normalized spacial score (nSPS) is 19.7. The molecule has 1 unspecified atom stereocenters. The van der Waals surface area contributed by atoms with Gasteiger partial charge in [-0.2, -0.15) is 0 Å². The Balaban J connectivity index is 1.80. The topological polar surface area (TPSA) is 155 Å². The number of hydrogen-bond donors (Lipinski definition) is 2. The number of aliphatic hydroxyl groups is 1. The molecule has 2 aliphatic heterocycles. The van der Waals surface area contributed by atoms with E-state index in [4.69, 9.17) is 9.47 Å². The molecule has 3 heterocycles. The number of carbonyl (C=O) groups is 3. The number of ketones is 1. The summed E-state index contributed by atoms with van der Waals surface area (Å²) in [5, 5.41) is 22.7. The third-order valence-electron chi connectivity index (χ3n) is 6.87. The van der Waals surface area contributed by atoms with Crippen LogP contribution in [0.25, 0.3) is 5.76 Å². The molecule has 2 aromatic rings. The predicted molar refractivity (Wildman–Crippen MR) is 136 cm³/mol. The molecular formula is C26H30N4O8. The van der Waals surface area contributed by atoms with Crippen molar-refractivity contribution in [3.05, 3.63) is 68.0 Å². The van der Waals surface area contributed by atoms with Gasteiger partial charge in [0.25, 0.3) is 17.4 Å². The van der Waals surface area contributed by atoms with Crippen molar-refractivity contribution >= 4 is 29.1 Å². The number of nitrogens with zero attached hydrogens (tertiary/aromatic N) is 3. The van der Waals surface area contributed by atoms with Crippen LogP contribution >= 0.6 is 0 Å². The molecular weight excluding hydrogens is 496 g/mol. The Morgan fingerprint density at radius 2 is 1.84 bits per heavy atom. The lowest BCUT2D eigenvalue weighted by molar-refractivity contribution is -0.384. The number of likely N-dealkylation sites (tertiary alicyclic amines) is 1. The van der Waals surface area contributed by atoms with Gasteiger partial charge in [-0.25, -0.2) is 4.79 Å². The van der Waals surface area contributed by atoms with Gasteiger partial charge in [0.1, 0.15) is 11.5 Å². The van der Waals surface area contributed by atoms with Crippen molar-refractivity contribution in [3.63, 3.8) is 0 Å². The van der Waals surface area contributed by atoms with Gasteiger partial charge < -0.3 is 24.5 Å². The lowest BCUT2D eigenvalue weighted by atomic mass is 9.94. The molecule has 1 aromatic carbocycles. The minimum absolute atomic E-state index is 0.138. The van der Waals surface area contributed by atoms with Crippen LogP contribution in [0.5, 0.6) is 0 Å². The molecule has 2 saturated heterocycles. The van der Waals surface area contributed by atoms with Crippen LogP contribution in [0.15, 0.2) is 29.8 Å². The van der Waals surface area contributed by atoms with Crippen molar-refractivity contribution in [2.75, 3.05) is 46.0 Å². The van der Waals surface area contributed by atoms with E-state index in [1.165, 1.54) is 29.2 Å². The number of H-pyrrole nitrogens is 1. The summed E-state index contributed by atoms with van der Waals surface area (Å²) >= 11 is 0. The van der Waals surface area contributed by atoms with Crippen LogP contribution < -0.4 is 0 Å². The van der Waals surface area contributed by atoms with Gasteiger partial charge in [-0.15, -0.1) is 0 Å². The molecule has 4 rings (SSSR count). The Morgan fingerprint density at radius 3 is 2.45 bits per heavy atom. The number of hydrogen-bond acceptors (Lipinski definition) is 9. The molecule has 0 bridgehead atoms. The Bertz CT molecular complexity index is 1290. The molecule has 1 atom stereocenters. The fourth-order valence-corrected chi connectivity index (χ4v) is 4.96. The number of aromatic nitrogens is 1. The monoisotopic (exact) mass is 526 g/mol. The number of morpholine rings is 1. The van der Waals surface area contributed by atoms with Crippen LogP contribution in [0, 0.1) is 24.0 Å². The fourth-order valence-electron chi connectivity index (χ4n) is 4.96. The van der Waals surface area contributed by atoms with E-state index < -0.39 is 34.4 Å². The Kier molecular flexibility index (Phi) is 7.93. The van der Waals surface area contributed by atoms with E-state index in [0.29, 0.717) is 49.7 Å². The van der Waals surface area contributed by atoms with Crippen molar-refractivity contribution in [1.29, 1.82) is 0 Å². The van der Waals surface area contributed by atoms with Crippen LogP contribution in [-0.2, 0) is 19.1 Å². The maximum atomic E-state index is 13.4. The summed E-state index contributed by atoms with van der Waals surface area (Å²) < 4.78 is 10.5. The highest BCUT2D eigenvalue weighted by Crippen LogP contribution is 2.41. The van der Waals surface area contributed by atoms with Crippen LogP contribution in [0.1, 0.15) is 45.8 Å². The first-order valence-electron chi connectivity index (χ1n) is 12.3. The zero-order valence-corrected chi connectivity index (χ0v) is 21.5. The number of aromatic amines is 1. The maximum Gasteiger partial charge on any atom is 0.355 e. The second-order valence-electron chi connectivity index (χ2n) is 9.14. The molecule has 38 heavy (non-hydrogen) atoms. The van der Waals surface area contributed by atoms with Crippen molar-refractivity contribution in [2.24, 2.45) is 0 Å². The molecule has 12 nitrogen and oxygen atoms in total. The molecule has 0 saturated carbocycles. The summed E-state index contributed by atoms with van der Waals surface area (Å²) in [7, 11) is 0. The second-order valence-corrected chi connectivity index (χ2v) is 9.14. The van der Waals surface area contributed by atoms with Gasteiger partial charge in [0, 0.05) is 49.6 Å². The zero-order chi connectivity index (χ0) is 27.6. The van der Waals surface area contributed by atoms with Gasteiger partial charge in [-0.1, -0.05) is 0 Å². The third kappa shape index (κ3) is 5.04. The number of non-ortho nitro benzene ring substituents is 1. The zero-order valence-electron chi connectivity index (χ0n) is 21.5. The summed E-state index contributed by atoms with van der Waals surface area (Å²) in [4.78, 5) is 56.1. The standard InChI is InChI=1S/C26H30N4O8/c1-4-38-26(34)21-15(2)19(16(3)27-21)23(31)20-22(17-5-7-18(8-6-17)30(35)36)29(25(33)24(20)32)10-9-28-11-13-37-14-12-28/h5-8,22,27,31H,4,9-14H2,1-3H3/b23-20+. The van der Waals surface area contributed by atoms with E-state index in [-0.39, 0.29) is 35.7 Å². The molecule has 202 valence electrons. The van der Waals surface area contributed by atoms with E-state index >= 15 is 0 Å². The molecule has 0 radical (unpaired) electrons. The Morgan fingerprint density at radius 1 is 1.18 bits per heavy atom. The number of ether oxygens (including phenoxy) is 2. The first kappa shape index (κ1) is 27.0. The molecule has 2 N–H and O–H groups in total. The highest BCUT2D eigenvalue weighted by Gasteiger charge is 2.46. The number of nitro groups is 1. The van der Waals surface area contributed by atoms with Gasteiger partial charge in [-0.3, -0.25) is 24.6 Å². The minimum atomic E-state index is -0.975. The van der Waals surface area contributed by atoms with Crippen LogP contribution in [0.2, 0.25) is 0 Å². The smallest absolute Gasteiger partial charge is 0.355 e. The summed E-state index contributed by atoms with van der Waals surface area (Å²) in [5.74, 6) is -2.68. The van der Waals surface area contributed by atoms with E-state index in [1.54, 1.807) is 20.8 Å². The van der Waals surface area contributed by atoms with Crippen molar-refractivity contribution in [1.82, 2.24) is 14.8 Å². The Hall–Kier alpha value is -4.03. The first-order valence-corrected chi connectivity index (χ1v) is 12.3. The molecule has 12 heteroatoms. The lowest BCUT2D eigenvalue weighted by Crippen LogP contribution is -2.42. The molecule has 0 spiro atoms. The second kappa shape index (κ2) is 11.2. The number of nitro benzene ring substituents is 1. The van der Waals surface area contributed by atoms with E-state index in [2.05, 4.69) is 9.88 Å². The van der Waals surface area contributed by atoms with Gasteiger partial charge in [0.05, 0.1) is 36.4 Å². The highest BCUT2D eigenvalue weighted by molar-refractivity contribution is 6.46. The number of aryl methyl sites for hydroxylation is 1. The van der Waals surface area contributed by atoms with Crippen molar-refractivity contribution in [3.8, 4) is 0 Å². The fraction of sp³-hybridized carbons (Fsp3) is 0.423. The van der Waals surface area contributed by atoms with Crippen molar-refractivity contribution in [2.45, 2.75) is 26.8 Å². The van der Waals surface area contributed by atoms with E-state index in [9.17, 15) is 29.6 Å². The molecule has 1 aromatic heterocycles.